The molecule has 0 bridgehead atoms. The first-order chi connectivity index (χ1) is 10.3. The van der Waals surface area contributed by atoms with E-state index in [0.717, 1.165) is 11.7 Å². The Morgan fingerprint density at radius 1 is 1.05 bits per heavy atom. The number of benzene rings is 2. The molecule has 104 valence electrons. The van der Waals surface area contributed by atoms with E-state index in [9.17, 15) is 0 Å². The molecule has 1 aliphatic rings. The molecule has 3 aromatic rings. The molecule has 0 saturated heterocycles. The quantitative estimate of drug-likeness (QED) is 0.743. The zero-order valence-corrected chi connectivity index (χ0v) is 12.7. The largest absolute Gasteiger partial charge is 0.357 e. The Balaban J connectivity index is 1.60. The lowest BCUT2D eigenvalue weighted by molar-refractivity contribution is 0.979. The van der Waals surface area contributed by atoms with E-state index < -0.39 is 0 Å². The average molecular weight is 292 g/mol. The molecule has 0 radical (unpaired) electrons. The Kier molecular flexibility index (Phi) is 3.00. The molecule has 1 N–H and O–H groups in total. The van der Waals surface area contributed by atoms with E-state index in [4.69, 9.17) is 4.98 Å². The van der Waals surface area contributed by atoms with Crippen molar-refractivity contribution >= 4 is 16.5 Å². The number of anilines is 1. The van der Waals surface area contributed by atoms with E-state index in [1.54, 1.807) is 11.3 Å². The van der Waals surface area contributed by atoms with E-state index in [1.807, 2.05) is 6.07 Å². The minimum Gasteiger partial charge on any atom is -0.357 e. The zero-order chi connectivity index (χ0) is 14.2. The van der Waals surface area contributed by atoms with Crippen molar-refractivity contribution in [1.82, 2.24) is 4.98 Å². The molecule has 0 saturated carbocycles. The molecule has 1 atom stereocenters. The average Bonchev–Trinajstić information content (AvgIpc) is 3.07. The van der Waals surface area contributed by atoms with E-state index in [2.05, 4.69) is 60.8 Å². The van der Waals surface area contributed by atoms with Gasteiger partial charge in [-0.15, -0.1) is 11.3 Å². The first-order valence-corrected chi connectivity index (χ1v) is 8.02. The third-order valence-electron chi connectivity index (χ3n) is 4.02. The first kappa shape index (κ1) is 12.6. The van der Waals surface area contributed by atoms with Gasteiger partial charge >= 0.3 is 0 Å². The van der Waals surface area contributed by atoms with Crippen molar-refractivity contribution in [2.24, 2.45) is 0 Å². The lowest BCUT2D eigenvalue weighted by Gasteiger charge is -2.06. The molecule has 21 heavy (non-hydrogen) atoms. The number of hydrogen-bond acceptors (Lipinski definition) is 3. The van der Waals surface area contributed by atoms with Crippen LogP contribution in [-0.2, 0) is 6.54 Å². The minimum atomic E-state index is 0.459. The summed E-state index contributed by atoms with van der Waals surface area (Å²) in [5.74, 6) is 0.459. The molecule has 0 fully saturated rings. The van der Waals surface area contributed by atoms with Gasteiger partial charge in [0.25, 0.3) is 0 Å². The summed E-state index contributed by atoms with van der Waals surface area (Å²) in [5, 5.41) is 4.47. The van der Waals surface area contributed by atoms with Crippen LogP contribution in [0.25, 0.3) is 11.3 Å². The molecule has 1 aliphatic carbocycles. The summed E-state index contributed by atoms with van der Waals surface area (Å²) in [6, 6.07) is 19.0. The number of rotatable bonds is 3. The van der Waals surface area contributed by atoms with E-state index >= 15 is 0 Å². The topological polar surface area (TPSA) is 24.9 Å². The van der Waals surface area contributed by atoms with Crippen LogP contribution in [0.3, 0.4) is 0 Å². The summed E-state index contributed by atoms with van der Waals surface area (Å²) < 4.78 is 0. The fourth-order valence-electron chi connectivity index (χ4n) is 2.90. The van der Waals surface area contributed by atoms with Gasteiger partial charge in [-0.25, -0.2) is 4.98 Å². The van der Waals surface area contributed by atoms with Crippen molar-refractivity contribution in [3.05, 3.63) is 70.6 Å². The van der Waals surface area contributed by atoms with Gasteiger partial charge in [-0.2, -0.15) is 0 Å². The number of nitrogens with zero attached hydrogens (tertiary/aromatic N) is 1. The molecule has 3 heteroatoms. The molecular weight excluding hydrogens is 276 g/mol. The number of thiazole rings is 1. The third-order valence-corrected chi connectivity index (χ3v) is 5.21. The second kappa shape index (κ2) is 5.01. The SMILES string of the molecule is CC1c2ccccc2-c2nc(NCc3ccccc3)sc21. The third kappa shape index (κ3) is 2.14. The van der Waals surface area contributed by atoms with E-state index in [-0.39, 0.29) is 0 Å². The lowest BCUT2D eigenvalue weighted by atomic mass is 10.0. The normalized spacial score (nSPS) is 15.6. The van der Waals surface area contributed by atoms with Crippen LogP contribution in [0.1, 0.15) is 28.8 Å². The van der Waals surface area contributed by atoms with Crippen molar-refractivity contribution in [1.29, 1.82) is 0 Å². The predicted octanol–water partition coefficient (Wildman–Crippen LogP) is 4.89. The molecular formula is C18H16N2S. The fraction of sp³-hybridized carbons (Fsp3) is 0.167. The lowest BCUT2D eigenvalue weighted by Crippen LogP contribution is -1.98. The maximum atomic E-state index is 4.81. The number of nitrogens with one attached hydrogen (secondary N) is 1. The van der Waals surface area contributed by atoms with Crippen LogP contribution in [-0.4, -0.2) is 4.98 Å². The summed E-state index contributed by atoms with van der Waals surface area (Å²) in [6.45, 7) is 3.09. The van der Waals surface area contributed by atoms with Crippen LogP contribution in [0.15, 0.2) is 54.6 Å². The van der Waals surface area contributed by atoms with Crippen LogP contribution in [0.5, 0.6) is 0 Å². The number of aromatic nitrogens is 1. The molecule has 1 heterocycles. The van der Waals surface area contributed by atoms with Crippen LogP contribution in [0, 0.1) is 0 Å². The van der Waals surface area contributed by atoms with Crippen molar-refractivity contribution in [2.45, 2.75) is 19.4 Å². The zero-order valence-electron chi connectivity index (χ0n) is 11.8. The van der Waals surface area contributed by atoms with Crippen molar-refractivity contribution in [2.75, 3.05) is 5.32 Å². The molecule has 0 amide bonds. The van der Waals surface area contributed by atoms with Crippen molar-refractivity contribution in [3.8, 4) is 11.3 Å². The summed E-state index contributed by atoms with van der Waals surface area (Å²) in [5.41, 5.74) is 5.14. The van der Waals surface area contributed by atoms with E-state index in [0.29, 0.717) is 5.92 Å². The highest BCUT2D eigenvalue weighted by Gasteiger charge is 2.29. The Bertz CT molecular complexity index is 777. The molecule has 1 unspecified atom stereocenters. The van der Waals surface area contributed by atoms with Gasteiger partial charge in [-0.3, -0.25) is 0 Å². The van der Waals surface area contributed by atoms with Crippen molar-refractivity contribution in [3.63, 3.8) is 0 Å². The summed E-state index contributed by atoms with van der Waals surface area (Å²) in [7, 11) is 0. The van der Waals surface area contributed by atoms with Crippen LogP contribution in [0.4, 0.5) is 5.13 Å². The highest BCUT2D eigenvalue weighted by molar-refractivity contribution is 7.16. The molecule has 2 aromatic carbocycles. The monoisotopic (exact) mass is 292 g/mol. The predicted molar refractivity (Wildman–Crippen MR) is 88.8 cm³/mol. The van der Waals surface area contributed by atoms with Gasteiger partial charge < -0.3 is 5.32 Å². The summed E-state index contributed by atoms with van der Waals surface area (Å²) in [4.78, 5) is 6.19. The Morgan fingerprint density at radius 3 is 2.67 bits per heavy atom. The van der Waals surface area contributed by atoms with Gasteiger partial charge in [0.05, 0.1) is 5.69 Å². The standard InChI is InChI=1S/C18H16N2S/c1-12-14-9-5-6-10-15(14)16-17(12)21-18(20-16)19-11-13-7-3-2-4-8-13/h2-10,12H,11H2,1H3,(H,19,20). The Labute approximate surface area is 128 Å². The van der Waals surface area contributed by atoms with Gasteiger partial charge in [0.2, 0.25) is 0 Å². The van der Waals surface area contributed by atoms with Gasteiger partial charge in [-0.05, 0) is 11.1 Å². The molecule has 4 rings (SSSR count). The smallest absolute Gasteiger partial charge is 0.183 e. The van der Waals surface area contributed by atoms with Crippen LogP contribution in [0.2, 0.25) is 0 Å². The molecule has 0 aliphatic heterocycles. The van der Waals surface area contributed by atoms with E-state index in [1.165, 1.54) is 27.3 Å². The second-order valence-corrected chi connectivity index (χ2v) is 6.41. The maximum Gasteiger partial charge on any atom is 0.183 e. The Morgan fingerprint density at radius 2 is 1.81 bits per heavy atom. The molecule has 1 aromatic heterocycles. The van der Waals surface area contributed by atoms with Gasteiger partial charge in [0, 0.05) is 22.9 Å². The second-order valence-electron chi connectivity index (χ2n) is 5.38. The summed E-state index contributed by atoms with van der Waals surface area (Å²) in [6.07, 6.45) is 0. The van der Waals surface area contributed by atoms with Gasteiger partial charge in [0.1, 0.15) is 0 Å². The molecule has 0 spiro atoms. The highest BCUT2D eigenvalue weighted by atomic mass is 32.1. The van der Waals surface area contributed by atoms with Crippen molar-refractivity contribution < 1.29 is 0 Å². The fourth-order valence-corrected chi connectivity index (χ4v) is 3.94. The number of fused-ring (bicyclic) bond motifs is 3. The first-order valence-electron chi connectivity index (χ1n) is 7.21. The minimum absolute atomic E-state index is 0.459. The highest BCUT2D eigenvalue weighted by Crippen LogP contribution is 2.47. The number of hydrogen-bond donors (Lipinski definition) is 1. The van der Waals surface area contributed by atoms with Gasteiger partial charge in [0.15, 0.2) is 5.13 Å². The Hall–Kier alpha value is -2.13. The molecule has 2 nitrogen and oxygen atoms in total. The van der Waals surface area contributed by atoms with Gasteiger partial charge in [-0.1, -0.05) is 61.5 Å². The summed E-state index contributed by atoms with van der Waals surface area (Å²) >= 11 is 1.78. The maximum absolute atomic E-state index is 4.81. The van der Waals surface area contributed by atoms with Crippen LogP contribution < -0.4 is 5.32 Å². The van der Waals surface area contributed by atoms with Crippen LogP contribution >= 0.6 is 11.3 Å².